The third-order valence-corrected chi connectivity index (χ3v) is 4.47. The van der Waals surface area contributed by atoms with Crippen LogP contribution in [0.3, 0.4) is 0 Å². The second kappa shape index (κ2) is 3.91. The van der Waals surface area contributed by atoms with Gasteiger partial charge < -0.3 is 0 Å². The first-order valence-electron chi connectivity index (χ1n) is 6.04. The van der Waals surface area contributed by atoms with Crippen LogP contribution < -0.4 is 0 Å². The lowest BCUT2D eigenvalue weighted by atomic mass is 9.94. The molecule has 1 aromatic heterocycles. The number of aromatic nitrogens is 1. The molecule has 0 bridgehead atoms. The molecule has 0 radical (unpaired) electrons. The topological polar surface area (TPSA) is 50.3 Å². The lowest BCUT2D eigenvalue weighted by Gasteiger charge is -2.29. The van der Waals surface area contributed by atoms with Crippen LogP contribution in [0.1, 0.15) is 57.3 Å². The zero-order chi connectivity index (χ0) is 12.0. The zero-order valence-electron chi connectivity index (χ0n) is 9.73. The van der Waals surface area contributed by atoms with Gasteiger partial charge in [-0.25, -0.2) is 4.98 Å². The van der Waals surface area contributed by atoms with Crippen molar-refractivity contribution < 1.29 is 9.59 Å². The van der Waals surface area contributed by atoms with E-state index >= 15 is 0 Å². The highest BCUT2D eigenvalue weighted by atomic mass is 32.1. The Kier molecular flexibility index (Phi) is 2.50. The summed E-state index contributed by atoms with van der Waals surface area (Å²) < 4.78 is 0. The van der Waals surface area contributed by atoms with Gasteiger partial charge in [0.05, 0.1) is 5.01 Å². The highest BCUT2D eigenvalue weighted by Gasteiger charge is 2.42. The Morgan fingerprint density at radius 3 is 2.53 bits per heavy atom. The summed E-state index contributed by atoms with van der Waals surface area (Å²) in [5.74, 6) is -0.302. The van der Waals surface area contributed by atoms with Gasteiger partial charge in [0.2, 0.25) is 0 Å². The van der Waals surface area contributed by atoms with E-state index in [1.165, 1.54) is 22.7 Å². The molecule has 0 atom stereocenters. The minimum absolute atomic E-state index is 0.102. The number of aryl methyl sites for hydroxylation is 1. The van der Waals surface area contributed by atoms with E-state index in [-0.39, 0.29) is 17.9 Å². The van der Waals surface area contributed by atoms with E-state index in [0.717, 1.165) is 30.7 Å². The summed E-state index contributed by atoms with van der Waals surface area (Å²) in [6.45, 7) is 1.83. The van der Waals surface area contributed by atoms with Crippen LogP contribution in [-0.2, 0) is 0 Å². The van der Waals surface area contributed by atoms with Crippen molar-refractivity contribution in [1.82, 2.24) is 9.88 Å². The molecule has 0 saturated heterocycles. The molecule has 0 aromatic carbocycles. The van der Waals surface area contributed by atoms with Gasteiger partial charge in [0, 0.05) is 6.04 Å². The third kappa shape index (κ3) is 1.60. The van der Waals surface area contributed by atoms with Crippen molar-refractivity contribution in [3.05, 3.63) is 15.6 Å². The number of hydrogen-bond acceptors (Lipinski definition) is 4. The fraction of sp³-hybridized carbons (Fsp3) is 0.583. The zero-order valence-corrected chi connectivity index (χ0v) is 10.5. The van der Waals surface area contributed by atoms with Gasteiger partial charge in [-0.3, -0.25) is 14.5 Å². The first-order valence-corrected chi connectivity index (χ1v) is 6.85. The van der Waals surface area contributed by atoms with Crippen molar-refractivity contribution in [1.29, 1.82) is 0 Å². The van der Waals surface area contributed by atoms with Crippen LogP contribution in [-0.4, -0.2) is 27.7 Å². The van der Waals surface area contributed by atoms with Crippen LogP contribution in [0.25, 0.3) is 0 Å². The van der Waals surface area contributed by atoms with Crippen molar-refractivity contribution in [2.45, 2.75) is 45.1 Å². The van der Waals surface area contributed by atoms with Gasteiger partial charge in [0.15, 0.2) is 5.69 Å². The Bertz CT molecular complexity index is 455. The lowest BCUT2D eigenvalue weighted by Crippen LogP contribution is -2.41. The number of hydrogen-bond donors (Lipinski definition) is 0. The van der Waals surface area contributed by atoms with Crippen molar-refractivity contribution in [3.8, 4) is 0 Å². The highest BCUT2D eigenvalue weighted by Crippen LogP contribution is 2.33. The average Bonchev–Trinajstić information content (AvgIpc) is 2.81. The van der Waals surface area contributed by atoms with Gasteiger partial charge in [0.1, 0.15) is 4.88 Å². The summed E-state index contributed by atoms with van der Waals surface area (Å²) in [4.78, 5) is 30.5. The molecule has 2 heterocycles. The Balaban J connectivity index is 1.92. The lowest BCUT2D eigenvalue weighted by molar-refractivity contribution is 0.0548. The molecule has 2 aliphatic rings. The minimum atomic E-state index is -0.179. The van der Waals surface area contributed by atoms with Gasteiger partial charge in [-0.15, -0.1) is 11.3 Å². The summed E-state index contributed by atoms with van der Waals surface area (Å²) in [6.07, 6.45) is 5.34. The molecule has 17 heavy (non-hydrogen) atoms. The molecule has 1 aliphatic carbocycles. The fourth-order valence-electron chi connectivity index (χ4n) is 2.70. The van der Waals surface area contributed by atoms with Crippen LogP contribution in [0.15, 0.2) is 0 Å². The Morgan fingerprint density at radius 1 is 1.18 bits per heavy atom. The van der Waals surface area contributed by atoms with Crippen LogP contribution in [0.5, 0.6) is 0 Å². The predicted molar refractivity (Wildman–Crippen MR) is 64.2 cm³/mol. The Labute approximate surface area is 104 Å². The molecule has 5 heteroatoms. The van der Waals surface area contributed by atoms with Gasteiger partial charge in [-0.1, -0.05) is 19.3 Å². The van der Waals surface area contributed by atoms with E-state index in [4.69, 9.17) is 0 Å². The van der Waals surface area contributed by atoms with Gasteiger partial charge in [-0.2, -0.15) is 0 Å². The number of amides is 2. The van der Waals surface area contributed by atoms with Crippen LogP contribution in [0, 0.1) is 6.92 Å². The molecule has 90 valence electrons. The highest BCUT2D eigenvalue weighted by molar-refractivity contribution is 7.14. The third-order valence-electron chi connectivity index (χ3n) is 3.51. The second-order valence-corrected chi connectivity index (χ2v) is 5.89. The molecule has 0 unspecified atom stereocenters. The van der Waals surface area contributed by atoms with E-state index in [0.29, 0.717) is 10.6 Å². The minimum Gasteiger partial charge on any atom is -0.269 e. The van der Waals surface area contributed by atoms with Gasteiger partial charge in [-0.05, 0) is 19.8 Å². The number of carbonyl (C=O) groups is 2. The van der Waals surface area contributed by atoms with E-state index in [2.05, 4.69) is 4.98 Å². The Hall–Kier alpha value is -1.23. The normalized spacial score (nSPS) is 21.1. The first-order chi connectivity index (χ1) is 8.18. The largest absolute Gasteiger partial charge is 0.281 e. The second-order valence-electron chi connectivity index (χ2n) is 4.68. The molecule has 1 aliphatic heterocycles. The summed E-state index contributed by atoms with van der Waals surface area (Å²) in [5, 5.41) is 0.792. The number of imide groups is 1. The predicted octanol–water partition coefficient (Wildman–Crippen LogP) is 2.38. The monoisotopic (exact) mass is 250 g/mol. The summed E-state index contributed by atoms with van der Waals surface area (Å²) in [5.41, 5.74) is 0.378. The first kappa shape index (κ1) is 10.9. The van der Waals surface area contributed by atoms with E-state index in [1.54, 1.807) is 0 Å². The van der Waals surface area contributed by atoms with Crippen LogP contribution in [0.2, 0.25) is 0 Å². The molecular weight excluding hydrogens is 236 g/mol. The standard InChI is InChI=1S/C12H14N2O2S/c1-7-13-9-10(17-7)12(16)14(11(9)15)8-5-3-2-4-6-8/h8H,2-6H2,1H3. The molecule has 2 amide bonds. The van der Waals surface area contributed by atoms with E-state index in [9.17, 15) is 9.59 Å². The molecule has 1 saturated carbocycles. The van der Waals surface area contributed by atoms with Gasteiger partial charge in [0.25, 0.3) is 11.8 Å². The van der Waals surface area contributed by atoms with E-state index < -0.39 is 0 Å². The maximum atomic E-state index is 12.2. The number of carbonyl (C=O) groups excluding carboxylic acids is 2. The molecule has 1 fully saturated rings. The molecule has 0 spiro atoms. The average molecular weight is 250 g/mol. The molecule has 1 aromatic rings. The summed E-state index contributed by atoms with van der Waals surface area (Å²) in [7, 11) is 0. The number of thiazole rings is 1. The SMILES string of the molecule is Cc1nc2c(s1)C(=O)N(C1CCCCC1)C2=O. The van der Waals surface area contributed by atoms with Crippen molar-refractivity contribution in [2.24, 2.45) is 0 Å². The summed E-state index contributed by atoms with van der Waals surface area (Å²) in [6, 6.07) is 0.102. The van der Waals surface area contributed by atoms with Gasteiger partial charge >= 0.3 is 0 Å². The maximum absolute atomic E-state index is 12.2. The number of fused-ring (bicyclic) bond motifs is 1. The van der Waals surface area contributed by atoms with Crippen molar-refractivity contribution in [2.75, 3.05) is 0 Å². The molecular formula is C12H14N2O2S. The van der Waals surface area contributed by atoms with Crippen LogP contribution in [0.4, 0.5) is 0 Å². The molecule has 4 nitrogen and oxygen atoms in total. The number of rotatable bonds is 1. The number of nitrogens with zero attached hydrogens (tertiary/aromatic N) is 2. The summed E-state index contributed by atoms with van der Waals surface area (Å²) >= 11 is 1.33. The van der Waals surface area contributed by atoms with Crippen molar-refractivity contribution in [3.63, 3.8) is 0 Å². The quantitative estimate of drug-likeness (QED) is 0.719. The molecule has 3 rings (SSSR count). The van der Waals surface area contributed by atoms with Crippen molar-refractivity contribution >= 4 is 23.2 Å². The van der Waals surface area contributed by atoms with Crippen LogP contribution >= 0.6 is 11.3 Å². The fourth-order valence-corrected chi connectivity index (χ4v) is 3.55. The van der Waals surface area contributed by atoms with E-state index in [1.807, 2.05) is 6.92 Å². The smallest absolute Gasteiger partial charge is 0.269 e. The Morgan fingerprint density at radius 2 is 1.88 bits per heavy atom. The molecule has 0 N–H and O–H groups in total. The maximum Gasteiger partial charge on any atom is 0.281 e.